The standard InChI is InChI=1S/C8H7BrO3/c1-11-7-4-6(2-3-9)12-8(10)5-7/h2-5H,1H3/b3-2+. The van der Waals surface area contributed by atoms with Crippen LogP contribution in [0.2, 0.25) is 0 Å². The summed E-state index contributed by atoms with van der Waals surface area (Å²) in [5.74, 6) is 0.947. The first-order chi connectivity index (χ1) is 5.76. The molecule has 0 radical (unpaired) electrons. The fourth-order valence-corrected chi connectivity index (χ4v) is 0.996. The van der Waals surface area contributed by atoms with Crippen molar-refractivity contribution in [3.05, 3.63) is 33.3 Å². The molecule has 1 heterocycles. The van der Waals surface area contributed by atoms with E-state index in [4.69, 9.17) is 9.15 Å². The highest BCUT2D eigenvalue weighted by Crippen LogP contribution is 2.10. The average molecular weight is 231 g/mol. The second-order valence-electron chi connectivity index (χ2n) is 2.01. The van der Waals surface area contributed by atoms with E-state index in [1.165, 1.54) is 13.2 Å². The molecule has 0 saturated heterocycles. The molecule has 0 N–H and O–H groups in total. The van der Waals surface area contributed by atoms with Gasteiger partial charge in [-0.15, -0.1) is 0 Å². The topological polar surface area (TPSA) is 39.4 Å². The van der Waals surface area contributed by atoms with Crippen LogP contribution in [-0.2, 0) is 0 Å². The van der Waals surface area contributed by atoms with Gasteiger partial charge in [-0.1, -0.05) is 15.9 Å². The first kappa shape index (κ1) is 9.06. The molecule has 0 fully saturated rings. The smallest absolute Gasteiger partial charge is 0.339 e. The Morgan fingerprint density at radius 3 is 2.92 bits per heavy atom. The molecule has 12 heavy (non-hydrogen) atoms. The third-order valence-corrected chi connectivity index (χ3v) is 1.49. The van der Waals surface area contributed by atoms with Crippen molar-refractivity contribution in [1.82, 2.24) is 0 Å². The lowest BCUT2D eigenvalue weighted by Crippen LogP contribution is -1.98. The Morgan fingerprint density at radius 1 is 1.58 bits per heavy atom. The zero-order chi connectivity index (χ0) is 8.97. The monoisotopic (exact) mass is 230 g/mol. The molecule has 0 spiro atoms. The Bertz CT molecular complexity index is 340. The Hall–Kier alpha value is -1.03. The first-order valence-electron chi connectivity index (χ1n) is 3.22. The molecule has 0 aromatic carbocycles. The van der Waals surface area contributed by atoms with E-state index in [0.717, 1.165) is 0 Å². The van der Waals surface area contributed by atoms with Crippen molar-refractivity contribution >= 4 is 22.0 Å². The highest BCUT2D eigenvalue weighted by molar-refractivity contribution is 9.11. The molecule has 0 saturated carbocycles. The van der Waals surface area contributed by atoms with Crippen molar-refractivity contribution in [2.75, 3.05) is 7.11 Å². The summed E-state index contributed by atoms with van der Waals surface area (Å²) in [5.41, 5.74) is -0.421. The summed E-state index contributed by atoms with van der Waals surface area (Å²) < 4.78 is 9.68. The lowest BCUT2D eigenvalue weighted by atomic mass is 10.4. The minimum atomic E-state index is -0.421. The van der Waals surface area contributed by atoms with Gasteiger partial charge in [-0.3, -0.25) is 0 Å². The van der Waals surface area contributed by atoms with E-state index in [9.17, 15) is 4.79 Å². The van der Waals surface area contributed by atoms with Gasteiger partial charge >= 0.3 is 5.63 Å². The van der Waals surface area contributed by atoms with Crippen LogP contribution in [0.5, 0.6) is 5.75 Å². The second kappa shape index (κ2) is 4.11. The molecule has 0 atom stereocenters. The van der Waals surface area contributed by atoms with Gasteiger partial charge in [0.05, 0.1) is 13.2 Å². The zero-order valence-corrected chi connectivity index (χ0v) is 8.00. The maximum Gasteiger partial charge on any atom is 0.339 e. The van der Waals surface area contributed by atoms with Crippen LogP contribution < -0.4 is 10.4 Å². The molecule has 64 valence electrons. The van der Waals surface area contributed by atoms with Crippen LogP contribution in [0.1, 0.15) is 5.76 Å². The average Bonchev–Trinajstić information content (AvgIpc) is 2.04. The Kier molecular flexibility index (Phi) is 3.10. The van der Waals surface area contributed by atoms with Crippen LogP contribution in [0.15, 0.2) is 26.3 Å². The van der Waals surface area contributed by atoms with Crippen LogP contribution in [0.25, 0.3) is 6.08 Å². The lowest BCUT2D eigenvalue weighted by Gasteiger charge is -1.97. The van der Waals surface area contributed by atoms with Gasteiger partial charge in [-0.25, -0.2) is 4.79 Å². The van der Waals surface area contributed by atoms with Gasteiger partial charge in [0.15, 0.2) is 0 Å². The van der Waals surface area contributed by atoms with E-state index in [2.05, 4.69) is 15.9 Å². The van der Waals surface area contributed by atoms with Crippen molar-refractivity contribution in [2.24, 2.45) is 0 Å². The quantitative estimate of drug-likeness (QED) is 0.781. The van der Waals surface area contributed by atoms with Crippen LogP contribution in [0.3, 0.4) is 0 Å². The van der Waals surface area contributed by atoms with E-state index in [1.807, 2.05) is 0 Å². The van der Waals surface area contributed by atoms with Gasteiger partial charge in [-0.2, -0.15) is 0 Å². The summed E-state index contributed by atoms with van der Waals surface area (Å²) in [5, 5.41) is 0. The van der Waals surface area contributed by atoms with Crippen LogP contribution in [-0.4, -0.2) is 7.11 Å². The molecule has 1 aromatic rings. The van der Waals surface area contributed by atoms with Crippen molar-refractivity contribution in [2.45, 2.75) is 0 Å². The van der Waals surface area contributed by atoms with Gasteiger partial charge < -0.3 is 9.15 Å². The third-order valence-electron chi connectivity index (χ3n) is 1.23. The van der Waals surface area contributed by atoms with Gasteiger partial charge in [0.25, 0.3) is 0 Å². The van der Waals surface area contributed by atoms with Gasteiger partial charge in [-0.05, 0) is 11.1 Å². The Labute approximate surface area is 77.8 Å². The highest BCUT2D eigenvalue weighted by Gasteiger charge is 1.97. The van der Waals surface area contributed by atoms with E-state index in [-0.39, 0.29) is 0 Å². The van der Waals surface area contributed by atoms with Crippen molar-refractivity contribution in [1.29, 1.82) is 0 Å². The molecule has 0 unspecified atom stereocenters. The van der Waals surface area contributed by atoms with E-state index in [0.29, 0.717) is 11.5 Å². The molecule has 3 nitrogen and oxygen atoms in total. The number of ether oxygens (including phenoxy) is 1. The van der Waals surface area contributed by atoms with Crippen molar-refractivity contribution in [3.63, 3.8) is 0 Å². The summed E-state index contributed by atoms with van der Waals surface area (Å²) in [6.45, 7) is 0. The van der Waals surface area contributed by atoms with Crippen LogP contribution >= 0.6 is 15.9 Å². The Morgan fingerprint density at radius 2 is 2.33 bits per heavy atom. The van der Waals surface area contributed by atoms with Gasteiger partial charge in [0.1, 0.15) is 11.5 Å². The molecule has 0 amide bonds. The largest absolute Gasteiger partial charge is 0.496 e. The number of methoxy groups -OCH3 is 1. The predicted octanol–water partition coefficient (Wildman–Crippen LogP) is 2.01. The van der Waals surface area contributed by atoms with E-state index >= 15 is 0 Å². The summed E-state index contributed by atoms with van der Waals surface area (Å²) in [7, 11) is 1.50. The summed E-state index contributed by atoms with van der Waals surface area (Å²) >= 11 is 3.07. The molecule has 0 aliphatic rings. The first-order valence-corrected chi connectivity index (χ1v) is 4.14. The number of hydrogen-bond acceptors (Lipinski definition) is 3. The predicted molar refractivity (Wildman–Crippen MR) is 49.5 cm³/mol. The number of halogens is 1. The van der Waals surface area contributed by atoms with E-state index in [1.54, 1.807) is 17.1 Å². The molecule has 1 rings (SSSR count). The molecule has 0 bridgehead atoms. The number of rotatable bonds is 2. The summed E-state index contributed by atoms with van der Waals surface area (Å²) in [4.78, 5) is 12.5. The SMILES string of the molecule is COc1cc(/C=C/Br)oc(=O)c1. The lowest BCUT2D eigenvalue weighted by molar-refractivity contribution is 0.400. The molecule has 0 aliphatic heterocycles. The van der Waals surface area contributed by atoms with Crippen LogP contribution in [0, 0.1) is 0 Å². The Balaban J connectivity index is 3.15. The van der Waals surface area contributed by atoms with E-state index < -0.39 is 5.63 Å². The minimum absolute atomic E-state index is 0.421. The minimum Gasteiger partial charge on any atom is -0.496 e. The van der Waals surface area contributed by atoms with Crippen molar-refractivity contribution < 1.29 is 9.15 Å². The molecule has 1 aromatic heterocycles. The summed E-state index contributed by atoms with van der Waals surface area (Å²) in [6.07, 6.45) is 1.62. The number of hydrogen-bond donors (Lipinski definition) is 0. The van der Waals surface area contributed by atoms with Crippen LogP contribution in [0.4, 0.5) is 0 Å². The fourth-order valence-electron chi connectivity index (χ4n) is 0.735. The van der Waals surface area contributed by atoms with Gasteiger partial charge in [0, 0.05) is 6.07 Å². The molecular weight excluding hydrogens is 224 g/mol. The maximum atomic E-state index is 10.8. The van der Waals surface area contributed by atoms with Gasteiger partial charge in [0.2, 0.25) is 0 Å². The molecule has 0 aliphatic carbocycles. The highest BCUT2D eigenvalue weighted by atomic mass is 79.9. The second-order valence-corrected chi connectivity index (χ2v) is 2.54. The fraction of sp³-hybridized carbons (Fsp3) is 0.125. The normalized spacial score (nSPS) is 10.5. The maximum absolute atomic E-state index is 10.8. The molecular formula is C8H7BrO3. The molecule has 4 heteroatoms. The zero-order valence-electron chi connectivity index (χ0n) is 6.41. The third kappa shape index (κ3) is 2.23. The summed E-state index contributed by atoms with van der Waals surface area (Å²) in [6, 6.07) is 2.91. The van der Waals surface area contributed by atoms with Crippen molar-refractivity contribution in [3.8, 4) is 5.75 Å².